The molecule has 0 heterocycles. The van der Waals surface area contributed by atoms with Crippen molar-refractivity contribution >= 4 is 76.6 Å². The van der Waals surface area contributed by atoms with Gasteiger partial charge in [0.05, 0.1) is 0 Å². The number of hydrogen-bond acceptors (Lipinski definition) is 1. The summed E-state index contributed by atoms with van der Waals surface area (Å²) in [5.41, 5.74) is 0. The maximum absolute atomic E-state index is 8.88. The average Bonchev–Trinajstić information content (AvgIpc) is 0.722. The first-order valence-corrected chi connectivity index (χ1v) is 2.35. The molecule has 0 aliphatic carbocycles. The molecule has 0 aromatic carbocycles. The van der Waals surface area contributed by atoms with Gasteiger partial charge in [0, 0.05) is 0 Å². The van der Waals surface area contributed by atoms with Crippen molar-refractivity contribution < 1.29 is 30.2 Å². The van der Waals surface area contributed by atoms with Crippen LogP contribution >= 0.6 is 7.82 Å². The summed E-state index contributed by atoms with van der Waals surface area (Å²) in [7, 11) is -4.64. The van der Waals surface area contributed by atoms with E-state index in [9.17, 15) is 0 Å². The zero-order chi connectivity index (χ0) is 4.50. The quantitative estimate of drug-likeness (QED) is 0.270. The van der Waals surface area contributed by atoms with Crippen molar-refractivity contribution in [2.24, 2.45) is 0 Å². The van der Waals surface area contributed by atoms with Crippen LogP contribution in [0.4, 0.5) is 0 Å². The molecule has 0 saturated heterocycles. The standard InChI is InChI=1S/Al.K.H3O4P.2H2O.4H/c;;1-5(2,3)4;;;;;;/h;;(H3,1,2,3,4);2*1H2;;;;. The van der Waals surface area contributed by atoms with Gasteiger partial charge in [0.1, 0.15) is 0 Å². The van der Waals surface area contributed by atoms with Crippen molar-refractivity contribution in [2.45, 2.75) is 0 Å². The van der Waals surface area contributed by atoms with Gasteiger partial charge in [-0.3, -0.25) is 0 Å². The van der Waals surface area contributed by atoms with Crippen LogP contribution in [0.1, 0.15) is 0 Å². The molecule has 7 N–H and O–H groups in total. The van der Waals surface area contributed by atoms with Crippen molar-refractivity contribution in [1.29, 1.82) is 0 Å². The monoisotopic (exact) mass is 204 g/mol. The zero-order valence-electron chi connectivity index (χ0n) is 3.20. The Labute approximate surface area is 105 Å². The molecular weight excluding hydrogens is 193 g/mol. The summed E-state index contributed by atoms with van der Waals surface area (Å²) in [4.78, 5) is 21.6. The molecule has 0 unspecified atom stereocenters. The van der Waals surface area contributed by atoms with E-state index in [1.807, 2.05) is 0 Å². The Morgan fingerprint density at radius 1 is 1.00 bits per heavy atom. The molecule has 0 amide bonds. The van der Waals surface area contributed by atoms with Crippen LogP contribution in [0, 0.1) is 0 Å². The fourth-order valence-electron chi connectivity index (χ4n) is 0. The summed E-state index contributed by atoms with van der Waals surface area (Å²) < 4.78 is 8.88. The third-order valence-corrected chi connectivity index (χ3v) is 0. The van der Waals surface area contributed by atoms with E-state index in [0.29, 0.717) is 0 Å². The second kappa shape index (κ2) is 12.8. The minimum atomic E-state index is -4.64. The summed E-state index contributed by atoms with van der Waals surface area (Å²) in [5, 5.41) is 0. The molecule has 56 valence electrons. The molecule has 0 bridgehead atoms. The molecule has 9 heteroatoms. The third kappa shape index (κ3) is 142. The van der Waals surface area contributed by atoms with Gasteiger partial charge in [-0.1, -0.05) is 0 Å². The van der Waals surface area contributed by atoms with E-state index in [1.54, 1.807) is 0 Å². The Bertz CT molecular complexity index is 59.2. The minimum absolute atomic E-state index is 0. The number of rotatable bonds is 0. The summed E-state index contributed by atoms with van der Waals surface area (Å²) in [6.07, 6.45) is 0. The van der Waals surface area contributed by atoms with E-state index in [-0.39, 0.29) is 79.7 Å². The first-order valence-electron chi connectivity index (χ1n) is 0.783. The van der Waals surface area contributed by atoms with E-state index >= 15 is 0 Å². The van der Waals surface area contributed by atoms with Crippen LogP contribution in [-0.2, 0) is 4.57 Å². The summed E-state index contributed by atoms with van der Waals surface area (Å²) in [6.45, 7) is 0. The molecule has 6 nitrogen and oxygen atoms in total. The molecule has 0 atom stereocenters. The summed E-state index contributed by atoms with van der Waals surface area (Å²) in [5.74, 6) is 0. The predicted octanol–water partition coefficient (Wildman–Crippen LogP) is -4.41. The van der Waals surface area contributed by atoms with Gasteiger partial charge < -0.3 is 25.6 Å². The Kier molecular flexibility index (Phi) is 43.2. The van der Waals surface area contributed by atoms with E-state index in [4.69, 9.17) is 19.2 Å². The Balaban J connectivity index is -0.0000000133. The van der Waals surface area contributed by atoms with E-state index in [1.165, 1.54) is 0 Å². The van der Waals surface area contributed by atoms with Gasteiger partial charge in [-0.25, -0.2) is 4.57 Å². The number of hydrogen-bond donors (Lipinski definition) is 3. The van der Waals surface area contributed by atoms with Gasteiger partial charge in [0.25, 0.3) is 0 Å². The Hall–Kier alpha value is 2.20. The number of phosphoric acid groups is 1. The van der Waals surface area contributed by atoms with Crippen LogP contribution in [0.25, 0.3) is 0 Å². The van der Waals surface area contributed by atoms with E-state index < -0.39 is 7.82 Å². The van der Waals surface area contributed by atoms with Crippen LogP contribution in [0.5, 0.6) is 0 Å². The van der Waals surface area contributed by atoms with Gasteiger partial charge in [-0.15, -0.1) is 0 Å². The van der Waals surface area contributed by atoms with Gasteiger partial charge in [-0.05, 0) is 0 Å². The zero-order valence-corrected chi connectivity index (χ0v) is 4.09. The molecule has 9 heavy (non-hydrogen) atoms. The van der Waals surface area contributed by atoms with Crippen molar-refractivity contribution in [1.82, 2.24) is 0 Å². The SMILES string of the molecule is O.O.O=P(O)(O)O.[AlH3].[KH]. The molecule has 0 spiro atoms. The molecular formula is H11AlKO6P. The molecule has 0 fully saturated rings. The van der Waals surface area contributed by atoms with Crippen molar-refractivity contribution in [3.05, 3.63) is 0 Å². The van der Waals surface area contributed by atoms with Crippen LogP contribution in [-0.4, -0.2) is 94.4 Å². The third-order valence-electron chi connectivity index (χ3n) is 0. The topological polar surface area (TPSA) is 141 Å². The second-order valence-electron chi connectivity index (χ2n) is 0.513. The predicted molar refractivity (Wildman–Crippen MR) is 38.6 cm³/mol. The van der Waals surface area contributed by atoms with Crippen molar-refractivity contribution in [3.63, 3.8) is 0 Å². The van der Waals surface area contributed by atoms with Gasteiger partial charge in [0.15, 0.2) is 17.4 Å². The van der Waals surface area contributed by atoms with Crippen LogP contribution in [0.15, 0.2) is 0 Å². The van der Waals surface area contributed by atoms with Gasteiger partial charge in [0.2, 0.25) is 0 Å². The van der Waals surface area contributed by atoms with Crippen LogP contribution < -0.4 is 0 Å². The summed E-state index contributed by atoms with van der Waals surface area (Å²) >= 11 is 0. The average molecular weight is 204 g/mol. The van der Waals surface area contributed by atoms with Gasteiger partial charge >= 0.3 is 59.2 Å². The normalized spacial score (nSPS) is 6.56. The molecule has 0 radical (unpaired) electrons. The molecule has 0 aromatic heterocycles. The summed E-state index contributed by atoms with van der Waals surface area (Å²) in [6, 6.07) is 0. The molecule has 0 aliphatic heterocycles. The maximum atomic E-state index is 8.88. The van der Waals surface area contributed by atoms with Crippen molar-refractivity contribution in [2.75, 3.05) is 0 Å². The molecule has 0 aromatic rings. The van der Waals surface area contributed by atoms with Gasteiger partial charge in [-0.2, -0.15) is 0 Å². The van der Waals surface area contributed by atoms with E-state index in [0.717, 1.165) is 0 Å². The van der Waals surface area contributed by atoms with Crippen LogP contribution in [0.3, 0.4) is 0 Å². The Morgan fingerprint density at radius 3 is 1.00 bits per heavy atom. The fraction of sp³-hybridized carbons (Fsp3) is 0. The second-order valence-corrected chi connectivity index (χ2v) is 1.54. The molecule has 0 saturated carbocycles. The molecule has 0 aliphatic rings. The van der Waals surface area contributed by atoms with Crippen LogP contribution in [0.2, 0.25) is 0 Å². The fourth-order valence-corrected chi connectivity index (χ4v) is 0. The Morgan fingerprint density at radius 2 is 1.00 bits per heavy atom. The first kappa shape index (κ1) is 30.3. The van der Waals surface area contributed by atoms with E-state index in [2.05, 4.69) is 0 Å². The molecule has 0 rings (SSSR count). The first-order chi connectivity index (χ1) is 2.00. The van der Waals surface area contributed by atoms with Crippen molar-refractivity contribution in [3.8, 4) is 0 Å².